The van der Waals surface area contributed by atoms with Crippen molar-refractivity contribution in [1.82, 2.24) is 0 Å². The van der Waals surface area contributed by atoms with Crippen LogP contribution in [0.5, 0.6) is 0 Å². The Morgan fingerprint density at radius 2 is 1.32 bits per heavy atom. The molecule has 0 aliphatic carbocycles. The van der Waals surface area contributed by atoms with Crippen molar-refractivity contribution in [3.05, 3.63) is 0 Å². The minimum absolute atomic E-state index is 0.177. The molecule has 0 aromatic rings. The molecule has 0 aromatic heterocycles. The fraction of sp³-hybridized carbons (Fsp3) is 0.895. The van der Waals surface area contributed by atoms with Crippen molar-refractivity contribution < 1.29 is 41.0 Å². The van der Waals surface area contributed by atoms with Crippen LogP contribution in [0, 0.1) is 16.7 Å². The molecule has 0 rings (SSSR count). The summed E-state index contributed by atoms with van der Waals surface area (Å²) in [6.07, 6.45) is -5.96. The van der Waals surface area contributed by atoms with Crippen LogP contribution >= 0.6 is 0 Å². The highest BCUT2D eigenvalue weighted by atomic mass is 19.4. The molecule has 0 amide bonds. The first-order valence-electron chi connectivity index (χ1n) is 8.90. The van der Waals surface area contributed by atoms with Gasteiger partial charge >= 0.3 is 24.0 Å². The molecular formula is C19H31F5O4. The number of rotatable bonds is 7. The first-order chi connectivity index (χ1) is 12.1. The number of hydrogen-bond acceptors (Lipinski definition) is 4. The van der Waals surface area contributed by atoms with Gasteiger partial charge in [0.1, 0.15) is 5.60 Å². The molecule has 9 heteroatoms. The molecule has 0 heterocycles. The summed E-state index contributed by atoms with van der Waals surface area (Å²) < 4.78 is 71.5. The SMILES string of the molecule is CC(C)(C)CC(C(=O)OC(C)(C)CC(=O)OCC(F)(F)C(F)(F)F)C(C)(C)C. The van der Waals surface area contributed by atoms with Crippen LogP contribution in [-0.2, 0) is 19.1 Å². The van der Waals surface area contributed by atoms with Gasteiger partial charge in [-0.15, -0.1) is 0 Å². The minimum atomic E-state index is -5.82. The lowest BCUT2D eigenvalue weighted by molar-refractivity contribution is -0.294. The first-order valence-corrected chi connectivity index (χ1v) is 8.90. The van der Waals surface area contributed by atoms with E-state index in [1.807, 2.05) is 41.5 Å². The van der Waals surface area contributed by atoms with E-state index in [1.165, 1.54) is 13.8 Å². The van der Waals surface area contributed by atoms with E-state index < -0.39 is 54.0 Å². The summed E-state index contributed by atoms with van der Waals surface area (Å²) in [5, 5.41) is 0. The molecule has 0 saturated heterocycles. The minimum Gasteiger partial charge on any atom is -0.459 e. The lowest BCUT2D eigenvalue weighted by atomic mass is 9.72. The van der Waals surface area contributed by atoms with Gasteiger partial charge in [-0.3, -0.25) is 9.59 Å². The van der Waals surface area contributed by atoms with Crippen molar-refractivity contribution in [2.24, 2.45) is 16.7 Å². The second-order valence-electron chi connectivity index (χ2n) is 9.90. The molecule has 0 fully saturated rings. The zero-order chi connectivity index (χ0) is 22.8. The van der Waals surface area contributed by atoms with Crippen LogP contribution in [-0.4, -0.2) is 36.2 Å². The largest absolute Gasteiger partial charge is 0.459 e. The summed E-state index contributed by atoms with van der Waals surface area (Å²) in [6, 6.07) is 0. The molecule has 0 aliphatic rings. The van der Waals surface area contributed by atoms with Crippen LogP contribution in [0.4, 0.5) is 22.0 Å². The summed E-state index contributed by atoms with van der Waals surface area (Å²) in [6.45, 7) is 12.1. The standard InChI is InChI=1S/C19H31F5O4/c1-15(2,3)9-12(16(4,5)6)14(26)28-17(7,8)10-13(25)27-11-18(20,21)19(22,23)24/h12H,9-11H2,1-8H3. The monoisotopic (exact) mass is 418 g/mol. The van der Waals surface area contributed by atoms with E-state index in [0.717, 1.165) is 0 Å². The van der Waals surface area contributed by atoms with Crippen LogP contribution in [0.2, 0.25) is 0 Å². The molecule has 0 aliphatic heterocycles. The zero-order valence-corrected chi connectivity index (χ0v) is 17.7. The number of halogens is 5. The van der Waals surface area contributed by atoms with Gasteiger partial charge in [0.25, 0.3) is 0 Å². The molecule has 0 N–H and O–H groups in total. The van der Waals surface area contributed by atoms with Crippen LogP contribution < -0.4 is 0 Å². The predicted octanol–water partition coefficient (Wildman–Crippen LogP) is 5.54. The quantitative estimate of drug-likeness (QED) is 0.403. The maximum atomic E-state index is 12.8. The molecule has 0 radical (unpaired) electrons. The van der Waals surface area contributed by atoms with Crippen molar-refractivity contribution in [2.45, 2.75) is 85.9 Å². The van der Waals surface area contributed by atoms with Gasteiger partial charge in [0.05, 0.1) is 12.3 Å². The summed E-state index contributed by atoms with van der Waals surface area (Å²) in [7, 11) is 0. The third-order valence-corrected chi connectivity index (χ3v) is 3.92. The number of carbonyl (C=O) groups is 2. The second-order valence-corrected chi connectivity index (χ2v) is 9.90. The summed E-state index contributed by atoms with van der Waals surface area (Å²) in [5.41, 5.74) is -2.04. The van der Waals surface area contributed by atoms with Gasteiger partial charge in [-0.2, -0.15) is 22.0 Å². The van der Waals surface area contributed by atoms with Crippen molar-refractivity contribution in [1.29, 1.82) is 0 Å². The highest BCUT2D eigenvalue weighted by Gasteiger charge is 2.58. The molecule has 0 spiro atoms. The molecule has 1 unspecified atom stereocenters. The first kappa shape index (κ1) is 26.6. The Balaban J connectivity index is 5.02. The molecule has 166 valence electrons. The third-order valence-electron chi connectivity index (χ3n) is 3.92. The van der Waals surface area contributed by atoms with E-state index in [0.29, 0.717) is 6.42 Å². The molecule has 0 aromatic carbocycles. The zero-order valence-electron chi connectivity index (χ0n) is 17.7. The van der Waals surface area contributed by atoms with E-state index in [-0.39, 0.29) is 5.41 Å². The molecule has 0 bridgehead atoms. The Kier molecular flexibility index (Phi) is 8.10. The lowest BCUT2D eigenvalue weighted by Gasteiger charge is -2.36. The third kappa shape index (κ3) is 9.19. The fourth-order valence-electron chi connectivity index (χ4n) is 2.39. The van der Waals surface area contributed by atoms with Crippen molar-refractivity contribution >= 4 is 11.9 Å². The Labute approximate surface area is 163 Å². The van der Waals surface area contributed by atoms with Crippen molar-refractivity contribution in [2.75, 3.05) is 6.61 Å². The Hall–Kier alpha value is -1.41. The highest BCUT2D eigenvalue weighted by molar-refractivity contribution is 5.75. The van der Waals surface area contributed by atoms with Gasteiger partial charge in [0.2, 0.25) is 0 Å². The van der Waals surface area contributed by atoms with Gasteiger partial charge in [-0.1, -0.05) is 41.5 Å². The molecule has 4 nitrogen and oxygen atoms in total. The van der Waals surface area contributed by atoms with Gasteiger partial charge in [-0.25, -0.2) is 0 Å². The molecular weight excluding hydrogens is 387 g/mol. The van der Waals surface area contributed by atoms with Crippen LogP contribution in [0.25, 0.3) is 0 Å². The maximum Gasteiger partial charge on any atom is 0.456 e. The molecule has 28 heavy (non-hydrogen) atoms. The van der Waals surface area contributed by atoms with Gasteiger partial charge in [0.15, 0.2) is 6.61 Å². The van der Waals surface area contributed by atoms with Gasteiger partial charge in [0, 0.05) is 0 Å². The number of ether oxygens (including phenoxy) is 2. The van der Waals surface area contributed by atoms with E-state index in [2.05, 4.69) is 4.74 Å². The smallest absolute Gasteiger partial charge is 0.456 e. The Morgan fingerprint density at radius 1 is 0.857 bits per heavy atom. The topological polar surface area (TPSA) is 52.6 Å². The van der Waals surface area contributed by atoms with Crippen molar-refractivity contribution in [3.63, 3.8) is 0 Å². The van der Waals surface area contributed by atoms with Crippen LogP contribution in [0.1, 0.15) is 68.2 Å². The summed E-state index contributed by atoms with van der Waals surface area (Å²) in [4.78, 5) is 24.4. The number of alkyl halides is 5. The van der Waals surface area contributed by atoms with Gasteiger partial charge < -0.3 is 9.47 Å². The van der Waals surface area contributed by atoms with Crippen LogP contribution in [0.3, 0.4) is 0 Å². The number of carbonyl (C=O) groups excluding carboxylic acids is 2. The normalized spacial score (nSPS) is 15.2. The average molecular weight is 418 g/mol. The Bertz CT molecular complexity index is 554. The Morgan fingerprint density at radius 3 is 1.68 bits per heavy atom. The van der Waals surface area contributed by atoms with Crippen LogP contribution in [0.15, 0.2) is 0 Å². The molecule has 1 atom stereocenters. The summed E-state index contributed by atoms with van der Waals surface area (Å²) >= 11 is 0. The van der Waals surface area contributed by atoms with E-state index in [4.69, 9.17) is 4.74 Å². The predicted molar refractivity (Wildman–Crippen MR) is 93.8 cm³/mol. The fourth-order valence-corrected chi connectivity index (χ4v) is 2.39. The summed E-state index contributed by atoms with van der Waals surface area (Å²) in [5.74, 6) is -7.53. The highest BCUT2D eigenvalue weighted by Crippen LogP contribution is 2.38. The lowest BCUT2D eigenvalue weighted by Crippen LogP contribution is -2.42. The number of esters is 2. The van der Waals surface area contributed by atoms with Gasteiger partial charge in [-0.05, 0) is 31.1 Å². The van der Waals surface area contributed by atoms with E-state index >= 15 is 0 Å². The average Bonchev–Trinajstić information content (AvgIpc) is 2.38. The van der Waals surface area contributed by atoms with E-state index in [9.17, 15) is 31.5 Å². The van der Waals surface area contributed by atoms with E-state index in [1.54, 1.807) is 0 Å². The van der Waals surface area contributed by atoms with Crippen molar-refractivity contribution in [3.8, 4) is 0 Å². The molecule has 0 saturated carbocycles. The number of hydrogen-bond donors (Lipinski definition) is 0. The maximum absolute atomic E-state index is 12.8. The second kappa shape index (κ2) is 8.53.